The molecule has 0 bridgehead atoms. The summed E-state index contributed by atoms with van der Waals surface area (Å²) in [6, 6.07) is 5.70. The normalized spacial score (nSPS) is 25.0. The molecule has 4 aliphatic heterocycles. The van der Waals surface area contributed by atoms with Crippen molar-refractivity contribution in [2.24, 2.45) is 5.41 Å². The average molecular weight is 668 g/mol. The molecule has 0 unspecified atom stereocenters. The van der Waals surface area contributed by atoms with Crippen LogP contribution in [-0.2, 0) is 16.3 Å². The molecule has 47 heavy (non-hydrogen) atoms. The summed E-state index contributed by atoms with van der Waals surface area (Å²) < 4.78 is 77.0. The number of piperidine rings is 1. The number of phenols is 1. The maximum Gasteiger partial charge on any atom is 0.319 e. The highest BCUT2D eigenvalue weighted by atomic mass is 32.2. The van der Waals surface area contributed by atoms with Crippen LogP contribution in [0, 0.1) is 17.0 Å². The first-order valence-electron chi connectivity index (χ1n) is 16.3. The van der Waals surface area contributed by atoms with Crippen LogP contribution in [0.25, 0.3) is 32.9 Å². The zero-order valence-corrected chi connectivity index (χ0v) is 26.9. The van der Waals surface area contributed by atoms with Crippen LogP contribution in [0.3, 0.4) is 0 Å². The second-order valence-corrected chi connectivity index (χ2v) is 16.0. The van der Waals surface area contributed by atoms with E-state index in [1.807, 2.05) is 4.90 Å². The molecule has 0 amide bonds. The minimum atomic E-state index is -3.09. The number of halogens is 3. The molecule has 0 radical (unpaired) electrons. The Kier molecular flexibility index (Phi) is 7.11. The van der Waals surface area contributed by atoms with Gasteiger partial charge in [0, 0.05) is 43.2 Å². The van der Waals surface area contributed by atoms with Gasteiger partial charge in [0.2, 0.25) is 0 Å². The molecule has 2 aromatic heterocycles. The number of ether oxygens (including phenoxy) is 1. The first kappa shape index (κ1) is 30.6. The van der Waals surface area contributed by atoms with Gasteiger partial charge in [-0.25, -0.2) is 21.6 Å². The monoisotopic (exact) mass is 667 g/mol. The molecule has 0 aliphatic carbocycles. The van der Waals surface area contributed by atoms with Crippen LogP contribution in [-0.4, -0.2) is 89.4 Å². The predicted molar refractivity (Wildman–Crippen MR) is 172 cm³/mol. The van der Waals surface area contributed by atoms with Gasteiger partial charge in [-0.3, -0.25) is 9.88 Å². The number of benzene rings is 2. The number of aromatic hydroxyl groups is 1. The lowest BCUT2D eigenvalue weighted by molar-refractivity contribution is 0.107. The summed E-state index contributed by atoms with van der Waals surface area (Å²) in [6.07, 6.45) is 4.44. The number of anilines is 1. The standard InChI is InChI=1S/C34H36F3N5O4S/c1-2-23-26(36)6-5-20-11-22(43)12-24(27(20)23)29-28(37)30-25(14-38-29)31(41-9-3-7-33(16-41)18-47(44,45)19-33)40-32(39-30)46-17-34-8-4-10-42(34)15-21(35)13-34/h5-6,11-12,14,21,43H,2-4,7-10,13,15-19H2,1H3/t21-,34+/m1/s1. The lowest BCUT2D eigenvalue weighted by Gasteiger charge is -2.48. The highest BCUT2D eigenvalue weighted by Crippen LogP contribution is 2.45. The fraction of sp³-hybridized carbons (Fsp3) is 0.500. The molecule has 6 heterocycles. The molecule has 4 aliphatic rings. The van der Waals surface area contributed by atoms with E-state index in [1.54, 1.807) is 13.0 Å². The van der Waals surface area contributed by atoms with Crippen molar-refractivity contribution in [3.63, 3.8) is 0 Å². The largest absolute Gasteiger partial charge is 0.508 e. The second-order valence-electron chi connectivity index (χ2n) is 13.9. The smallest absolute Gasteiger partial charge is 0.319 e. The first-order valence-corrected chi connectivity index (χ1v) is 18.1. The number of sulfone groups is 1. The van der Waals surface area contributed by atoms with Gasteiger partial charge in [-0.05, 0) is 73.2 Å². The summed E-state index contributed by atoms with van der Waals surface area (Å²) in [5, 5.41) is 11.9. The minimum Gasteiger partial charge on any atom is -0.508 e. The number of pyridine rings is 1. The van der Waals surface area contributed by atoms with Gasteiger partial charge >= 0.3 is 6.01 Å². The predicted octanol–water partition coefficient (Wildman–Crippen LogP) is 5.36. The van der Waals surface area contributed by atoms with Gasteiger partial charge in [-0.15, -0.1) is 0 Å². The average Bonchev–Trinajstić information content (AvgIpc) is 3.54. The van der Waals surface area contributed by atoms with E-state index in [2.05, 4.69) is 14.9 Å². The number of hydrogen-bond donors (Lipinski definition) is 1. The molecular weight excluding hydrogens is 631 g/mol. The fourth-order valence-corrected chi connectivity index (χ4v) is 11.0. The third-order valence-corrected chi connectivity index (χ3v) is 12.8. The molecule has 4 saturated heterocycles. The molecule has 4 aromatic rings. The fourth-order valence-electron chi connectivity index (χ4n) is 8.71. The van der Waals surface area contributed by atoms with Crippen LogP contribution in [0.2, 0.25) is 0 Å². The Labute approximate surface area is 270 Å². The first-order chi connectivity index (χ1) is 22.5. The van der Waals surface area contributed by atoms with Crippen molar-refractivity contribution in [1.82, 2.24) is 19.9 Å². The van der Waals surface area contributed by atoms with Gasteiger partial charge in [0.25, 0.3) is 0 Å². The number of phenolic OH excluding ortho intramolecular Hbond substituents is 1. The number of aromatic nitrogens is 3. The quantitative estimate of drug-likeness (QED) is 0.291. The summed E-state index contributed by atoms with van der Waals surface area (Å²) in [6.45, 7) is 4.10. The molecule has 13 heteroatoms. The number of hydrogen-bond acceptors (Lipinski definition) is 9. The second kappa shape index (κ2) is 10.9. The zero-order valence-electron chi connectivity index (χ0n) is 26.1. The van der Waals surface area contributed by atoms with Gasteiger partial charge in [0.1, 0.15) is 41.4 Å². The SMILES string of the molecule is CCc1c(F)ccc2cc(O)cc(-c3ncc4c(N5CCCC6(C5)CS(=O)(=O)C6)nc(OC[C@@]56CCCN5C[C@H](F)C6)nc4c3F)c12. The lowest BCUT2D eigenvalue weighted by Crippen LogP contribution is -2.58. The van der Waals surface area contributed by atoms with Gasteiger partial charge in [0.15, 0.2) is 15.7 Å². The van der Waals surface area contributed by atoms with Gasteiger partial charge in [-0.2, -0.15) is 9.97 Å². The Hall–Kier alpha value is -3.71. The van der Waals surface area contributed by atoms with E-state index in [9.17, 15) is 22.3 Å². The Morgan fingerprint density at radius 1 is 1.11 bits per heavy atom. The number of rotatable bonds is 6. The number of alkyl halides is 1. The van der Waals surface area contributed by atoms with Gasteiger partial charge < -0.3 is 14.7 Å². The zero-order chi connectivity index (χ0) is 32.7. The number of fused-ring (bicyclic) bond motifs is 3. The van der Waals surface area contributed by atoms with Gasteiger partial charge in [-0.1, -0.05) is 13.0 Å². The summed E-state index contributed by atoms with van der Waals surface area (Å²) in [5.74, 6) is -0.743. The van der Waals surface area contributed by atoms with E-state index in [0.29, 0.717) is 60.0 Å². The van der Waals surface area contributed by atoms with Crippen LogP contribution in [0.1, 0.15) is 44.6 Å². The van der Waals surface area contributed by atoms with E-state index in [-0.39, 0.29) is 46.6 Å². The van der Waals surface area contributed by atoms with Gasteiger partial charge in [0.05, 0.1) is 22.4 Å². The summed E-state index contributed by atoms with van der Waals surface area (Å²) in [7, 11) is -3.09. The third kappa shape index (κ3) is 5.08. The van der Waals surface area contributed by atoms with Crippen LogP contribution in [0.5, 0.6) is 11.8 Å². The van der Waals surface area contributed by atoms with Crippen molar-refractivity contribution in [3.8, 4) is 23.0 Å². The highest BCUT2D eigenvalue weighted by Gasteiger charge is 2.51. The molecule has 4 fully saturated rings. The summed E-state index contributed by atoms with van der Waals surface area (Å²) in [4.78, 5) is 17.9. The molecule has 0 saturated carbocycles. The van der Waals surface area contributed by atoms with Crippen molar-refractivity contribution in [1.29, 1.82) is 0 Å². The van der Waals surface area contributed by atoms with E-state index in [1.165, 1.54) is 24.4 Å². The Balaban J connectivity index is 1.26. The van der Waals surface area contributed by atoms with Crippen LogP contribution in [0.4, 0.5) is 19.0 Å². The van der Waals surface area contributed by atoms with Crippen LogP contribution >= 0.6 is 0 Å². The topological polar surface area (TPSA) is 109 Å². The Bertz CT molecular complexity index is 2030. The summed E-state index contributed by atoms with van der Waals surface area (Å²) in [5.41, 5.74) is -0.426. The van der Waals surface area contributed by atoms with E-state index in [4.69, 9.17) is 9.72 Å². The maximum atomic E-state index is 16.9. The molecule has 8 rings (SSSR count). The molecule has 1 N–H and O–H groups in total. The van der Waals surface area contributed by atoms with E-state index in [0.717, 1.165) is 32.2 Å². The molecule has 2 atom stereocenters. The van der Waals surface area contributed by atoms with Crippen LogP contribution < -0.4 is 9.64 Å². The van der Waals surface area contributed by atoms with Crippen molar-refractivity contribution in [2.45, 2.75) is 57.2 Å². The van der Waals surface area contributed by atoms with E-state index >= 15 is 4.39 Å². The van der Waals surface area contributed by atoms with Crippen molar-refractivity contribution in [3.05, 3.63) is 47.7 Å². The number of nitrogens with zero attached hydrogens (tertiary/aromatic N) is 5. The highest BCUT2D eigenvalue weighted by molar-refractivity contribution is 7.92. The van der Waals surface area contributed by atoms with Crippen molar-refractivity contribution >= 4 is 37.3 Å². The lowest BCUT2D eigenvalue weighted by atomic mass is 9.82. The molecule has 248 valence electrons. The number of aryl methyl sites for hydroxylation is 1. The Morgan fingerprint density at radius 3 is 2.70 bits per heavy atom. The Morgan fingerprint density at radius 2 is 1.91 bits per heavy atom. The maximum absolute atomic E-state index is 16.9. The molecule has 1 spiro atoms. The van der Waals surface area contributed by atoms with E-state index < -0.39 is 38.6 Å². The third-order valence-electron chi connectivity index (χ3n) is 10.6. The van der Waals surface area contributed by atoms with Crippen molar-refractivity contribution < 1.29 is 31.4 Å². The van der Waals surface area contributed by atoms with Crippen molar-refractivity contribution in [2.75, 3.05) is 49.2 Å². The minimum absolute atomic E-state index is 0.0580. The van der Waals surface area contributed by atoms with Crippen LogP contribution in [0.15, 0.2) is 30.5 Å². The molecular formula is C34H36F3N5O4S. The molecule has 9 nitrogen and oxygen atoms in total. The summed E-state index contributed by atoms with van der Waals surface area (Å²) >= 11 is 0. The molecule has 2 aromatic carbocycles.